The van der Waals surface area contributed by atoms with E-state index in [4.69, 9.17) is 11.5 Å². The summed E-state index contributed by atoms with van der Waals surface area (Å²) in [4.78, 5) is 0. The van der Waals surface area contributed by atoms with E-state index in [1.54, 1.807) is 12.1 Å². The molecule has 0 aliphatic rings. The Balaban J connectivity index is 3.07. The van der Waals surface area contributed by atoms with Crippen LogP contribution in [-0.2, 0) is 0 Å². The Hall–Kier alpha value is -1.09. The molecule has 0 aliphatic heterocycles. The molecule has 2 nitrogen and oxygen atoms in total. The van der Waals surface area contributed by atoms with Gasteiger partial charge in [0.2, 0.25) is 0 Å². The molecule has 0 saturated carbocycles. The van der Waals surface area contributed by atoms with E-state index < -0.39 is 5.82 Å². The third kappa shape index (κ3) is 1.56. The Labute approximate surface area is 71.4 Å². The van der Waals surface area contributed by atoms with Crippen LogP contribution in [-0.4, -0.2) is 0 Å². The van der Waals surface area contributed by atoms with Gasteiger partial charge in [-0.15, -0.1) is 0 Å². The molecule has 0 heterocycles. The summed E-state index contributed by atoms with van der Waals surface area (Å²) in [5.41, 5.74) is 12.1. The van der Waals surface area contributed by atoms with Crippen molar-refractivity contribution in [2.75, 3.05) is 5.73 Å². The third-order valence-corrected chi connectivity index (χ3v) is 1.93. The van der Waals surface area contributed by atoms with Crippen molar-refractivity contribution < 1.29 is 4.39 Å². The number of benzene rings is 1. The van der Waals surface area contributed by atoms with E-state index in [0.717, 1.165) is 6.42 Å². The van der Waals surface area contributed by atoms with Crippen LogP contribution < -0.4 is 11.5 Å². The highest BCUT2D eigenvalue weighted by Crippen LogP contribution is 2.22. The van der Waals surface area contributed by atoms with Gasteiger partial charge < -0.3 is 11.5 Å². The molecule has 0 saturated heterocycles. The lowest BCUT2D eigenvalue weighted by molar-refractivity contribution is 0.623. The maximum atomic E-state index is 12.9. The molecule has 0 radical (unpaired) electrons. The Bertz CT molecular complexity index is 273. The largest absolute Gasteiger partial charge is 0.396 e. The SMILES string of the molecule is CC[C@@H](N)c1cccc(F)c1N. The lowest BCUT2D eigenvalue weighted by atomic mass is 10.0. The number of nitrogens with two attached hydrogens (primary N) is 2. The quantitative estimate of drug-likeness (QED) is 0.662. The van der Waals surface area contributed by atoms with Gasteiger partial charge in [0.05, 0.1) is 5.69 Å². The van der Waals surface area contributed by atoms with E-state index in [1.807, 2.05) is 6.92 Å². The van der Waals surface area contributed by atoms with Gasteiger partial charge in [0.25, 0.3) is 0 Å². The maximum Gasteiger partial charge on any atom is 0.146 e. The molecule has 66 valence electrons. The summed E-state index contributed by atoms with van der Waals surface area (Å²) in [6.45, 7) is 1.94. The van der Waals surface area contributed by atoms with Gasteiger partial charge in [-0.3, -0.25) is 0 Å². The molecule has 4 N–H and O–H groups in total. The van der Waals surface area contributed by atoms with Crippen LogP contribution in [0.25, 0.3) is 0 Å². The second-order valence-corrected chi connectivity index (χ2v) is 2.76. The Morgan fingerprint density at radius 1 is 1.50 bits per heavy atom. The van der Waals surface area contributed by atoms with Gasteiger partial charge in [0.15, 0.2) is 0 Å². The predicted octanol–water partition coefficient (Wildman–Crippen LogP) is 1.82. The van der Waals surface area contributed by atoms with Crippen molar-refractivity contribution in [2.45, 2.75) is 19.4 Å². The van der Waals surface area contributed by atoms with Gasteiger partial charge in [-0.1, -0.05) is 19.1 Å². The normalized spacial score (nSPS) is 12.9. The summed E-state index contributed by atoms with van der Waals surface area (Å²) in [6.07, 6.45) is 0.758. The smallest absolute Gasteiger partial charge is 0.146 e. The van der Waals surface area contributed by atoms with Crippen LogP contribution >= 0.6 is 0 Å². The van der Waals surface area contributed by atoms with Gasteiger partial charge >= 0.3 is 0 Å². The van der Waals surface area contributed by atoms with Crippen LogP contribution in [0.4, 0.5) is 10.1 Å². The van der Waals surface area contributed by atoms with Crippen molar-refractivity contribution in [1.29, 1.82) is 0 Å². The fraction of sp³-hybridized carbons (Fsp3) is 0.333. The monoisotopic (exact) mass is 168 g/mol. The summed E-state index contributed by atoms with van der Waals surface area (Å²) in [7, 11) is 0. The maximum absolute atomic E-state index is 12.9. The third-order valence-electron chi connectivity index (χ3n) is 1.93. The molecule has 1 aromatic rings. The molecule has 0 fully saturated rings. The predicted molar refractivity (Wildman–Crippen MR) is 48.0 cm³/mol. The fourth-order valence-corrected chi connectivity index (χ4v) is 1.10. The summed E-state index contributed by atoms with van der Waals surface area (Å²) >= 11 is 0. The summed E-state index contributed by atoms with van der Waals surface area (Å²) in [5, 5.41) is 0. The summed E-state index contributed by atoms with van der Waals surface area (Å²) in [5.74, 6) is -0.392. The van der Waals surface area contributed by atoms with Crippen molar-refractivity contribution in [2.24, 2.45) is 5.73 Å². The first-order valence-electron chi connectivity index (χ1n) is 3.96. The lowest BCUT2D eigenvalue weighted by Gasteiger charge is -2.11. The van der Waals surface area contributed by atoms with Gasteiger partial charge in [0, 0.05) is 6.04 Å². The molecule has 1 atom stereocenters. The molecule has 0 aromatic heterocycles. The highest BCUT2D eigenvalue weighted by molar-refractivity contribution is 5.49. The Morgan fingerprint density at radius 3 is 2.75 bits per heavy atom. The lowest BCUT2D eigenvalue weighted by Crippen LogP contribution is -2.11. The van der Waals surface area contributed by atoms with Crippen molar-refractivity contribution in [3.63, 3.8) is 0 Å². The molecule has 0 unspecified atom stereocenters. The molecule has 1 rings (SSSR count). The molecule has 0 amide bonds. The van der Waals surface area contributed by atoms with Gasteiger partial charge in [-0.05, 0) is 18.1 Å². The molecule has 0 spiro atoms. The number of hydrogen-bond donors (Lipinski definition) is 2. The van der Waals surface area contributed by atoms with Crippen LogP contribution in [0.5, 0.6) is 0 Å². The highest BCUT2D eigenvalue weighted by Gasteiger charge is 2.09. The number of hydrogen-bond acceptors (Lipinski definition) is 2. The zero-order valence-corrected chi connectivity index (χ0v) is 7.05. The topological polar surface area (TPSA) is 52.0 Å². The van der Waals surface area contributed by atoms with E-state index in [0.29, 0.717) is 5.56 Å². The minimum Gasteiger partial charge on any atom is -0.396 e. The molecular formula is C9H13FN2. The van der Waals surface area contributed by atoms with Crippen LogP contribution in [0.15, 0.2) is 18.2 Å². The molecule has 0 bridgehead atoms. The van der Waals surface area contributed by atoms with Crippen LogP contribution in [0.2, 0.25) is 0 Å². The average Bonchev–Trinajstić information content (AvgIpc) is 2.08. The van der Waals surface area contributed by atoms with Gasteiger partial charge in [-0.2, -0.15) is 0 Å². The number of halogens is 1. The first-order valence-corrected chi connectivity index (χ1v) is 3.96. The van der Waals surface area contributed by atoms with Crippen molar-refractivity contribution in [3.05, 3.63) is 29.6 Å². The van der Waals surface area contributed by atoms with E-state index in [1.165, 1.54) is 6.07 Å². The van der Waals surface area contributed by atoms with Gasteiger partial charge in [-0.25, -0.2) is 4.39 Å². The number of nitrogen functional groups attached to an aromatic ring is 1. The van der Waals surface area contributed by atoms with Crippen molar-refractivity contribution in [3.8, 4) is 0 Å². The number of anilines is 1. The summed E-state index contributed by atoms with van der Waals surface area (Å²) < 4.78 is 12.9. The minimum absolute atomic E-state index is 0.166. The molecule has 3 heteroatoms. The zero-order chi connectivity index (χ0) is 9.14. The Kier molecular flexibility index (Phi) is 2.65. The van der Waals surface area contributed by atoms with Crippen molar-refractivity contribution >= 4 is 5.69 Å². The van der Waals surface area contributed by atoms with Crippen LogP contribution in [0.3, 0.4) is 0 Å². The molecule has 0 aliphatic carbocycles. The standard InChI is InChI=1S/C9H13FN2/c1-2-8(11)6-4-3-5-7(10)9(6)12/h3-5,8H,2,11-12H2,1H3/t8-/m1/s1. The highest BCUT2D eigenvalue weighted by atomic mass is 19.1. The van der Waals surface area contributed by atoms with E-state index >= 15 is 0 Å². The second kappa shape index (κ2) is 3.54. The zero-order valence-electron chi connectivity index (χ0n) is 7.05. The van der Waals surface area contributed by atoms with E-state index in [2.05, 4.69) is 0 Å². The second-order valence-electron chi connectivity index (χ2n) is 2.76. The fourth-order valence-electron chi connectivity index (χ4n) is 1.10. The van der Waals surface area contributed by atoms with E-state index in [9.17, 15) is 4.39 Å². The minimum atomic E-state index is -0.392. The average molecular weight is 168 g/mol. The first kappa shape index (κ1) is 9.00. The molecule has 1 aromatic carbocycles. The number of rotatable bonds is 2. The van der Waals surface area contributed by atoms with Crippen molar-refractivity contribution in [1.82, 2.24) is 0 Å². The van der Waals surface area contributed by atoms with Gasteiger partial charge in [0.1, 0.15) is 5.82 Å². The Morgan fingerprint density at radius 2 is 2.17 bits per heavy atom. The summed E-state index contributed by atoms with van der Waals surface area (Å²) in [6, 6.07) is 4.55. The number of para-hydroxylation sites is 1. The van der Waals surface area contributed by atoms with Crippen LogP contribution in [0, 0.1) is 5.82 Å². The first-order chi connectivity index (χ1) is 5.66. The van der Waals surface area contributed by atoms with E-state index in [-0.39, 0.29) is 11.7 Å². The molecule has 12 heavy (non-hydrogen) atoms. The molecular weight excluding hydrogens is 155 g/mol. The van der Waals surface area contributed by atoms with Crippen LogP contribution in [0.1, 0.15) is 24.9 Å².